The van der Waals surface area contributed by atoms with Crippen LogP contribution >= 0.6 is 15.9 Å². The minimum atomic E-state index is 0.565. The van der Waals surface area contributed by atoms with Crippen LogP contribution in [0.15, 0.2) is 114 Å². The SMILES string of the molecule is CN1CCN(c2ccc(Nc3ncc4ccc(Br)n4n3)cc2)CC1.COCc1cccc(-c2ccc3cnc(Nc4ccc(N5CCN(C)CC5)cc4)nn23)c1. The number of nitrogens with zero attached hydrogens (tertiary/aromatic N) is 10. The number of fused-ring (bicyclic) bond motifs is 2. The van der Waals surface area contributed by atoms with Gasteiger partial charge in [0.25, 0.3) is 0 Å². The number of halogens is 1. The van der Waals surface area contributed by atoms with Gasteiger partial charge in [0.15, 0.2) is 0 Å². The molecule has 3 aromatic carbocycles. The van der Waals surface area contributed by atoms with Crippen molar-refractivity contribution in [3.8, 4) is 11.3 Å². The Kier molecular flexibility index (Phi) is 11.4. The predicted molar refractivity (Wildman–Crippen MR) is 229 cm³/mol. The Labute approximate surface area is 335 Å². The molecule has 14 heteroatoms. The molecular formula is C42H47BrN12O. The zero-order valence-corrected chi connectivity index (χ0v) is 33.6. The molecule has 2 fully saturated rings. The summed E-state index contributed by atoms with van der Waals surface area (Å²) < 4.78 is 9.93. The Bertz CT molecular complexity index is 2360. The lowest BCUT2D eigenvalue weighted by Crippen LogP contribution is -2.44. The van der Waals surface area contributed by atoms with E-state index in [1.807, 2.05) is 39.5 Å². The number of likely N-dealkylation sites (N-methyl/N-ethyl adjacent to an activating group) is 2. The smallest absolute Gasteiger partial charge is 0.245 e. The Balaban J connectivity index is 0.000000164. The van der Waals surface area contributed by atoms with Gasteiger partial charge in [-0.3, -0.25) is 0 Å². The molecule has 0 amide bonds. The summed E-state index contributed by atoms with van der Waals surface area (Å²) in [7, 11) is 6.06. The van der Waals surface area contributed by atoms with Gasteiger partial charge >= 0.3 is 0 Å². The van der Waals surface area contributed by atoms with Gasteiger partial charge in [0.05, 0.1) is 35.7 Å². The summed E-state index contributed by atoms with van der Waals surface area (Å²) >= 11 is 3.48. The molecule has 56 heavy (non-hydrogen) atoms. The number of hydrogen-bond donors (Lipinski definition) is 2. The molecule has 2 aliphatic heterocycles. The van der Waals surface area contributed by atoms with Gasteiger partial charge in [0.2, 0.25) is 11.9 Å². The van der Waals surface area contributed by atoms with Crippen LogP contribution in [0.3, 0.4) is 0 Å². The summed E-state index contributed by atoms with van der Waals surface area (Å²) in [6.07, 6.45) is 3.65. The van der Waals surface area contributed by atoms with Crippen LogP contribution in [-0.2, 0) is 11.3 Å². The molecule has 0 radical (unpaired) electrons. The van der Waals surface area contributed by atoms with Crippen molar-refractivity contribution < 1.29 is 4.74 Å². The van der Waals surface area contributed by atoms with Crippen LogP contribution < -0.4 is 20.4 Å². The molecule has 13 nitrogen and oxygen atoms in total. The second-order valence-electron chi connectivity index (χ2n) is 14.3. The van der Waals surface area contributed by atoms with Crippen LogP contribution in [-0.4, -0.2) is 113 Å². The number of rotatable bonds is 9. The molecular weight excluding hydrogens is 768 g/mol. The maximum Gasteiger partial charge on any atom is 0.245 e. The van der Waals surface area contributed by atoms with E-state index in [4.69, 9.17) is 9.84 Å². The molecule has 2 aliphatic rings. The minimum Gasteiger partial charge on any atom is -0.380 e. The first-order chi connectivity index (χ1) is 27.4. The summed E-state index contributed by atoms with van der Waals surface area (Å²) in [5.74, 6) is 1.14. The van der Waals surface area contributed by atoms with Crippen molar-refractivity contribution in [3.63, 3.8) is 0 Å². The van der Waals surface area contributed by atoms with Crippen molar-refractivity contribution in [2.24, 2.45) is 0 Å². The van der Waals surface area contributed by atoms with Crippen LogP contribution in [0.4, 0.5) is 34.6 Å². The Morgan fingerprint density at radius 2 is 1.12 bits per heavy atom. The maximum absolute atomic E-state index is 5.28. The lowest BCUT2D eigenvalue weighted by atomic mass is 10.1. The zero-order chi connectivity index (χ0) is 38.4. The zero-order valence-electron chi connectivity index (χ0n) is 32.0. The molecule has 4 aromatic heterocycles. The summed E-state index contributed by atoms with van der Waals surface area (Å²) in [6, 6.07) is 33.3. The molecule has 0 bridgehead atoms. The molecule has 288 valence electrons. The van der Waals surface area contributed by atoms with Gasteiger partial charge in [0.1, 0.15) is 4.60 Å². The molecule has 0 unspecified atom stereocenters. The Hall–Kier alpha value is -5.54. The van der Waals surface area contributed by atoms with Crippen molar-refractivity contribution in [2.45, 2.75) is 6.61 Å². The van der Waals surface area contributed by atoms with Gasteiger partial charge in [-0.2, -0.15) is 0 Å². The van der Waals surface area contributed by atoms with Gasteiger partial charge < -0.3 is 35.0 Å². The first-order valence-electron chi connectivity index (χ1n) is 18.9. The average molecular weight is 816 g/mol. The second-order valence-corrected chi connectivity index (χ2v) is 15.1. The van der Waals surface area contributed by atoms with Gasteiger partial charge in [-0.05, 0) is 114 Å². The van der Waals surface area contributed by atoms with Gasteiger partial charge in [0, 0.05) is 87.8 Å². The first kappa shape index (κ1) is 37.4. The van der Waals surface area contributed by atoms with Gasteiger partial charge in [-0.15, -0.1) is 10.2 Å². The van der Waals surface area contributed by atoms with E-state index in [9.17, 15) is 0 Å². The Morgan fingerprint density at radius 1 is 0.607 bits per heavy atom. The molecule has 7 aromatic rings. The number of nitrogens with one attached hydrogen (secondary N) is 2. The van der Waals surface area contributed by atoms with E-state index in [-0.39, 0.29) is 0 Å². The standard InChI is InChI=1S/C25H28N6O.C17H19BrN6/c1-29-12-14-30(15-13-29)22-8-6-21(7-9-22)27-25-26-17-23-10-11-24(31(23)28-25)20-5-3-4-19(16-20)18-32-2;1-22-8-10-23(11-9-22)14-4-2-13(3-5-14)20-17-19-12-15-6-7-16(18)24(15)21-17/h3-11,16-17H,12-15,18H2,1-2H3,(H,27,28);2-7,12H,8-11H2,1H3,(H,20,21). The normalized spacial score (nSPS) is 15.2. The molecule has 0 spiro atoms. The number of hydrogen-bond acceptors (Lipinski definition) is 11. The highest BCUT2D eigenvalue weighted by atomic mass is 79.9. The fourth-order valence-electron chi connectivity index (χ4n) is 6.99. The quantitative estimate of drug-likeness (QED) is 0.157. The molecule has 2 N–H and O–H groups in total. The minimum absolute atomic E-state index is 0.565. The van der Waals surface area contributed by atoms with Gasteiger partial charge in [-0.1, -0.05) is 18.2 Å². The van der Waals surface area contributed by atoms with E-state index in [0.717, 1.165) is 96.2 Å². The number of anilines is 6. The van der Waals surface area contributed by atoms with Crippen molar-refractivity contribution in [3.05, 3.63) is 120 Å². The van der Waals surface area contributed by atoms with Crippen LogP contribution in [0.5, 0.6) is 0 Å². The number of aromatic nitrogens is 6. The Morgan fingerprint density at radius 3 is 1.68 bits per heavy atom. The van der Waals surface area contributed by atoms with E-state index in [1.54, 1.807) is 13.3 Å². The van der Waals surface area contributed by atoms with E-state index < -0.39 is 0 Å². The highest BCUT2D eigenvalue weighted by Gasteiger charge is 2.16. The third-order valence-corrected chi connectivity index (χ3v) is 10.9. The van der Waals surface area contributed by atoms with Crippen molar-refractivity contribution in [1.82, 2.24) is 39.0 Å². The van der Waals surface area contributed by atoms with Crippen LogP contribution in [0.1, 0.15) is 5.56 Å². The number of piperazine rings is 2. The molecule has 0 aliphatic carbocycles. The first-order valence-corrected chi connectivity index (χ1v) is 19.7. The van der Waals surface area contributed by atoms with Crippen LogP contribution in [0.25, 0.3) is 22.3 Å². The highest BCUT2D eigenvalue weighted by Crippen LogP contribution is 2.26. The molecule has 0 atom stereocenters. The van der Waals surface area contributed by atoms with E-state index in [1.165, 1.54) is 11.4 Å². The maximum atomic E-state index is 5.28. The van der Waals surface area contributed by atoms with Gasteiger partial charge in [-0.25, -0.2) is 19.0 Å². The lowest BCUT2D eigenvalue weighted by molar-refractivity contribution is 0.185. The lowest BCUT2D eigenvalue weighted by Gasteiger charge is -2.34. The summed E-state index contributed by atoms with van der Waals surface area (Å²) in [4.78, 5) is 18.4. The summed E-state index contributed by atoms with van der Waals surface area (Å²) in [6.45, 7) is 9.27. The van der Waals surface area contributed by atoms with Crippen molar-refractivity contribution in [2.75, 3.05) is 94.0 Å². The second kappa shape index (κ2) is 17.1. The average Bonchev–Trinajstić information content (AvgIpc) is 3.82. The largest absolute Gasteiger partial charge is 0.380 e. The fourth-order valence-corrected chi connectivity index (χ4v) is 7.41. The van der Waals surface area contributed by atoms with Crippen LogP contribution in [0, 0.1) is 0 Å². The predicted octanol–water partition coefficient (Wildman–Crippen LogP) is 7.03. The summed E-state index contributed by atoms with van der Waals surface area (Å²) in [5.41, 5.74) is 9.63. The topological polar surface area (TPSA) is 107 Å². The van der Waals surface area contributed by atoms with E-state index in [0.29, 0.717) is 18.5 Å². The molecule has 6 heterocycles. The third kappa shape index (κ3) is 8.79. The van der Waals surface area contributed by atoms with E-state index >= 15 is 0 Å². The molecule has 9 rings (SSSR count). The highest BCUT2D eigenvalue weighted by molar-refractivity contribution is 9.10. The van der Waals surface area contributed by atoms with Crippen molar-refractivity contribution in [1.29, 1.82) is 0 Å². The third-order valence-electron chi connectivity index (χ3n) is 10.3. The fraction of sp³-hybridized carbons (Fsp3) is 0.286. The molecule has 0 saturated carbocycles. The number of benzene rings is 3. The summed E-state index contributed by atoms with van der Waals surface area (Å²) in [5, 5.41) is 15.8. The monoisotopic (exact) mass is 814 g/mol. The van der Waals surface area contributed by atoms with Crippen LogP contribution in [0.2, 0.25) is 0 Å². The number of methoxy groups -OCH3 is 1. The van der Waals surface area contributed by atoms with Crippen molar-refractivity contribution >= 4 is 61.6 Å². The number of ether oxygens (including phenoxy) is 1. The van der Waals surface area contributed by atoms with E-state index in [2.05, 4.69) is 148 Å². The molecule has 2 saturated heterocycles.